The number of rotatable bonds is 7. The predicted octanol–water partition coefficient (Wildman–Crippen LogP) is 1.53. The molecule has 0 aliphatic rings. The molecule has 5 heteroatoms. The summed E-state index contributed by atoms with van der Waals surface area (Å²) in [6.07, 6.45) is 1.02. The fourth-order valence-electron chi connectivity index (χ4n) is 1.60. The first-order valence-corrected chi connectivity index (χ1v) is 7.67. The van der Waals surface area contributed by atoms with Gasteiger partial charge in [0.15, 0.2) is 0 Å². The van der Waals surface area contributed by atoms with Gasteiger partial charge in [-0.15, -0.1) is 0 Å². The second kappa shape index (κ2) is 6.87. The predicted molar refractivity (Wildman–Crippen MR) is 72.8 cm³/mol. The summed E-state index contributed by atoms with van der Waals surface area (Å²) in [5.41, 5.74) is 2.14. The highest BCUT2D eigenvalue weighted by Crippen LogP contribution is 2.10. The molecule has 1 aromatic rings. The summed E-state index contributed by atoms with van der Waals surface area (Å²) in [7, 11) is -1.63. The molecule has 1 N–H and O–H groups in total. The molecule has 1 aromatic carbocycles. The zero-order valence-electron chi connectivity index (χ0n) is 11.0. The van der Waals surface area contributed by atoms with Gasteiger partial charge in [0, 0.05) is 20.2 Å². The van der Waals surface area contributed by atoms with Crippen LogP contribution in [-0.2, 0) is 16.6 Å². The SMILES string of the molecule is Cc1ccc(CN(C)S(=O)(=O)CCCCO)cc1. The van der Waals surface area contributed by atoms with Gasteiger partial charge >= 0.3 is 0 Å². The normalized spacial score (nSPS) is 12.0. The lowest BCUT2D eigenvalue weighted by atomic mass is 10.1. The number of hydrogen-bond donors (Lipinski definition) is 1. The maximum Gasteiger partial charge on any atom is 0.214 e. The van der Waals surface area contributed by atoms with Crippen molar-refractivity contribution in [2.45, 2.75) is 26.3 Å². The smallest absolute Gasteiger partial charge is 0.214 e. The van der Waals surface area contributed by atoms with E-state index in [4.69, 9.17) is 5.11 Å². The molecule has 18 heavy (non-hydrogen) atoms. The van der Waals surface area contributed by atoms with Crippen LogP contribution >= 0.6 is 0 Å². The van der Waals surface area contributed by atoms with Crippen molar-refractivity contribution in [2.24, 2.45) is 0 Å². The van der Waals surface area contributed by atoms with Crippen LogP contribution in [-0.4, -0.2) is 37.2 Å². The molecule has 1 rings (SSSR count). The third-order valence-electron chi connectivity index (χ3n) is 2.81. The number of unbranched alkanes of at least 4 members (excludes halogenated alkanes) is 1. The minimum absolute atomic E-state index is 0.0389. The Labute approximate surface area is 109 Å². The Morgan fingerprint density at radius 1 is 1.17 bits per heavy atom. The number of sulfonamides is 1. The summed E-state index contributed by atoms with van der Waals surface area (Å²) < 4.78 is 25.2. The van der Waals surface area contributed by atoms with E-state index < -0.39 is 10.0 Å². The third kappa shape index (κ3) is 4.76. The molecule has 0 spiro atoms. The van der Waals surface area contributed by atoms with Gasteiger partial charge in [-0.05, 0) is 25.3 Å². The van der Waals surface area contributed by atoms with Gasteiger partial charge in [0.1, 0.15) is 0 Å². The Bertz CT molecular complexity index is 454. The highest BCUT2D eigenvalue weighted by molar-refractivity contribution is 7.89. The first kappa shape index (κ1) is 15.1. The number of aliphatic hydroxyl groups is 1. The lowest BCUT2D eigenvalue weighted by molar-refractivity contribution is 0.287. The van der Waals surface area contributed by atoms with Crippen molar-refractivity contribution >= 4 is 10.0 Å². The number of aliphatic hydroxyl groups excluding tert-OH is 1. The monoisotopic (exact) mass is 271 g/mol. The van der Waals surface area contributed by atoms with E-state index in [0.29, 0.717) is 19.4 Å². The van der Waals surface area contributed by atoms with Crippen molar-refractivity contribution in [3.8, 4) is 0 Å². The van der Waals surface area contributed by atoms with Gasteiger partial charge < -0.3 is 5.11 Å². The summed E-state index contributed by atoms with van der Waals surface area (Å²) in [6, 6.07) is 7.83. The van der Waals surface area contributed by atoms with E-state index in [2.05, 4.69) is 0 Å². The van der Waals surface area contributed by atoms with Crippen molar-refractivity contribution in [1.29, 1.82) is 0 Å². The summed E-state index contributed by atoms with van der Waals surface area (Å²) in [4.78, 5) is 0. The molecule has 102 valence electrons. The molecule has 0 aliphatic carbocycles. The van der Waals surface area contributed by atoms with Crippen LogP contribution in [0.4, 0.5) is 0 Å². The van der Waals surface area contributed by atoms with E-state index in [0.717, 1.165) is 11.1 Å². The fourth-order valence-corrected chi connectivity index (χ4v) is 2.83. The Hall–Kier alpha value is -0.910. The van der Waals surface area contributed by atoms with Crippen molar-refractivity contribution in [1.82, 2.24) is 4.31 Å². The summed E-state index contributed by atoms with van der Waals surface area (Å²) in [5, 5.41) is 8.65. The fraction of sp³-hybridized carbons (Fsp3) is 0.538. The number of nitrogens with zero attached hydrogens (tertiary/aromatic N) is 1. The molecule has 0 radical (unpaired) electrons. The zero-order chi connectivity index (χ0) is 13.6. The lowest BCUT2D eigenvalue weighted by Crippen LogP contribution is -2.28. The van der Waals surface area contributed by atoms with E-state index in [1.165, 1.54) is 4.31 Å². The van der Waals surface area contributed by atoms with E-state index in [9.17, 15) is 8.42 Å². The molecular formula is C13H21NO3S. The van der Waals surface area contributed by atoms with Crippen molar-refractivity contribution in [3.05, 3.63) is 35.4 Å². The van der Waals surface area contributed by atoms with Gasteiger partial charge in [0.25, 0.3) is 0 Å². The van der Waals surface area contributed by atoms with E-state index in [-0.39, 0.29) is 12.4 Å². The van der Waals surface area contributed by atoms with Crippen LogP contribution < -0.4 is 0 Å². The van der Waals surface area contributed by atoms with Gasteiger partial charge in [-0.1, -0.05) is 29.8 Å². The van der Waals surface area contributed by atoms with Gasteiger partial charge in [-0.2, -0.15) is 0 Å². The quantitative estimate of drug-likeness (QED) is 0.765. The second-order valence-corrected chi connectivity index (χ2v) is 6.68. The highest BCUT2D eigenvalue weighted by atomic mass is 32.2. The van der Waals surface area contributed by atoms with Gasteiger partial charge in [0.2, 0.25) is 10.0 Å². The number of benzene rings is 1. The molecule has 0 heterocycles. The van der Waals surface area contributed by atoms with Crippen LogP contribution in [0.2, 0.25) is 0 Å². The van der Waals surface area contributed by atoms with Gasteiger partial charge in [-0.3, -0.25) is 0 Å². The first-order chi connectivity index (χ1) is 8.45. The summed E-state index contributed by atoms with van der Waals surface area (Å²) in [5.74, 6) is 0.0932. The van der Waals surface area contributed by atoms with Crippen LogP contribution in [0.25, 0.3) is 0 Å². The molecule has 0 atom stereocenters. The minimum Gasteiger partial charge on any atom is -0.396 e. The maximum absolute atomic E-state index is 11.9. The van der Waals surface area contributed by atoms with E-state index in [1.807, 2.05) is 31.2 Å². The summed E-state index contributed by atoms with van der Waals surface area (Å²) in [6.45, 7) is 2.43. The minimum atomic E-state index is -3.22. The highest BCUT2D eigenvalue weighted by Gasteiger charge is 2.17. The van der Waals surface area contributed by atoms with Crippen molar-refractivity contribution in [2.75, 3.05) is 19.4 Å². The lowest BCUT2D eigenvalue weighted by Gasteiger charge is -2.17. The van der Waals surface area contributed by atoms with Crippen LogP contribution in [0.5, 0.6) is 0 Å². The maximum atomic E-state index is 11.9. The zero-order valence-corrected chi connectivity index (χ0v) is 11.8. The standard InChI is InChI=1S/C13H21NO3S/c1-12-5-7-13(8-6-12)11-14(2)18(16,17)10-4-3-9-15/h5-8,15H,3-4,9-11H2,1-2H3. The van der Waals surface area contributed by atoms with E-state index in [1.54, 1.807) is 7.05 Å². The molecule has 0 saturated heterocycles. The van der Waals surface area contributed by atoms with Crippen LogP contribution in [0.3, 0.4) is 0 Å². The van der Waals surface area contributed by atoms with Crippen LogP contribution in [0.1, 0.15) is 24.0 Å². The molecule has 0 amide bonds. The topological polar surface area (TPSA) is 57.6 Å². The molecule has 0 saturated carbocycles. The first-order valence-electron chi connectivity index (χ1n) is 6.06. The average molecular weight is 271 g/mol. The molecule has 0 unspecified atom stereocenters. The molecular weight excluding hydrogens is 250 g/mol. The second-order valence-electron chi connectivity index (χ2n) is 4.49. The van der Waals surface area contributed by atoms with Crippen molar-refractivity contribution < 1.29 is 13.5 Å². The van der Waals surface area contributed by atoms with E-state index >= 15 is 0 Å². The molecule has 0 aliphatic heterocycles. The largest absolute Gasteiger partial charge is 0.396 e. The van der Waals surface area contributed by atoms with Crippen molar-refractivity contribution in [3.63, 3.8) is 0 Å². The van der Waals surface area contributed by atoms with Gasteiger partial charge in [0.05, 0.1) is 5.75 Å². The number of hydrogen-bond acceptors (Lipinski definition) is 3. The molecule has 0 fully saturated rings. The Balaban J connectivity index is 2.58. The number of aryl methyl sites for hydroxylation is 1. The summed E-state index contributed by atoms with van der Waals surface area (Å²) >= 11 is 0. The molecule has 4 nitrogen and oxygen atoms in total. The Morgan fingerprint density at radius 3 is 2.33 bits per heavy atom. The Kier molecular flexibility index (Phi) is 5.78. The molecule has 0 aromatic heterocycles. The Morgan fingerprint density at radius 2 is 1.78 bits per heavy atom. The van der Waals surface area contributed by atoms with Gasteiger partial charge in [-0.25, -0.2) is 12.7 Å². The molecule has 0 bridgehead atoms. The van der Waals surface area contributed by atoms with Crippen LogP contribution in [0, 0.1) is 6.92 Å². The average Bonchev–Trinajstić information content (AvgIpc) is 2.32. The third-order valence-corrected chi connectivity index (χ3v) is 4.69. The van der Waals surface area contributed by atoms with Crippen LogP contribution in [0.15, 0.2) is 24.3 Å².